The highest BCUT2D eigenvalue weighted by Gasteiger charge is 2.32. The van der Waals surface area contributed by atoms with Gasteiger partial charge in [0.25, 0.3) is 0 Å². The van der Waals surface area contributed by atoms with Crippen LogP contribution in [0.2, 0.25) is 0 Å². The van der Waals surface area contributed by atoms with Crippen molar-refractivity contribution in [2.45, 2.75) is 85.9 Å². The van der Waals surface area contributed by atoms with Crippen molar-refractivity contribution in [3.8, 4) is 0 Å². The maximum Gasteiger partial charge on any atom is 0.229 e. The van der Waals surface area contributed by atoms with Crippen LogP contribution in [-0.4, -0.2) is 38.1 Å². The van der Waals surface area contributed by atoms with Crippen LogP contribution in [0.4, 0.5) is 0 Å². The van der Waals surface area contributed by atoms with Crippen molar-refractivity contribution in [1.82, 2.24) is 0 Å². The highest BCUT2D eigenvalue weighted by atomic mass is 35.7. The maximum absolute atomic E-state index is 9.43. The Labute approximate surface area is 160 Å². The van der Waals surface area contributed by atoms with Gasteiger partial charge in [0.2, 0.25) is 9.05 Å². The van der Waals surface area contributed by atoms with Gasteiger partial charge in [-0.15, -0.1) is 0 Å². The summed E-state index contributed by atoms with van der Waals surface area (Å²) in [7, 11) is 1.31. The highest BCUT2D eigenvalue weighted by molar-refractivity contribution is 8.13. The minimum atomic E-state index is -3.19. The van der Waals surface area contributed by atoms with Gasteiger partial charge in [-0.2, -0.15) is 0 Å². The Morgan fingerprint density at radius 2 is 1.48 bits per heavy atom. The molecule has 0 aromatic rings. The SMILES string of the molecule is CS(=O)(=O)Cl.C[C@@H]1CCC(C)(C)C[C@H]1C.C[C@@H]1COC(C)(C)C[C@H]1O. The highest BCUT2D eigenvalue weighted by Crippen LogP contribution is 2.41. The lowest BCUT2D eigenvalue weighted by Gasteiger charge is -2.37. The van der Waals surface area contributed by atoms with Gasteiger partial charge in [0.15, 0.2) is 0 Å². The summed E-state index contributed by atoms with van der Waals surface area (Å²) in [6, 6.07) is 0. The fraction of sp³-hybridized carbons (Fsp3) is 1.00. The van der Waals surface area contributed by atoms with Crippen molar-refractivity contribution in [1.29, 1.82) is 0 Å². The standard InChI is InChI=1S/C10H20.C8H16O2.CH3ClO2S/c1-8-5-6-10(3,4)7-9(8)2;1-6-5-10-8(2,3)4-7(6)9;1-5(2,3)4/h8-9H,5-7H2,1-4H3;6-7,9H,4-5H2,1-3H3;1H3/t8-,9-;6-,7-;/m11./s1. The fourth-order valence-electron chi connectivity index (χ4n) is 3.31. The molecule has 0 aromatic heterocycles. The minimum Gasteiger partial charge on any atom is -0.393 e. The predicted octanol–water partition coefficient (Wildman–Crippen LogP) is 4.84. The molecule has 0 bridgehead atoms. The first-order valence-electron chi connectivity index (χ1n) is 9.24. The average molecular weight is 399 g/mol. The number of halogens is 1. The molecule has 2 fully saturated rings. The molecule has 2 rings (SSSR count). The molecular formula is C19H39ClO4S. The van der Waals surface area contributed by atoms with Gasteiger partial charge in [-0.1, -0.05) is 34.6 Å². The molecule has 2 aliphatic rings. The third kappa shape index (κ3) is 13.0. The van der Waals surface area contributed by atoms with E-state index in [4.69, 9.17) is 4.74 Å². The Hall–Kier alpha value is 0.160. The van der Waals surface area contributed by atoms with Crippen molar-refractivity contribution >= 4 is 19.7 Å². The van der Waals surface area contributed by atoms with Crippen LogP contribution in [0.5, 0.6) is 0 Å². The molecule has 1 N–H and O–H groups in total. The molecule has 152 valence electrons. The first-order chi connectivity index (χ1) is 11.0. The van der Waals surface area contributed by atoms with Crippen LogP contribution in [-0.2, 0) is 13.8 Å². The Kier molecular flexibility index (Phi) is 9.97. The fourth-order valence-corrected chi connectivity index (χ4v) is 3.31. The van der Waals surface area contributed by atoms with E-state index in [-0.39, 0.29) is 11.7 Å². The minimum absolute atomic E-state index is 0.119. The molecule has 25 heavy (non-hydrogen) atoms. The second kappa shape index (κ2) is 9.91. The summed E-state index contributed by atoms with van der Waals surface area (Å²) >= 11 is 0. The van der Waals surface area contributed by atoms with Gasteiger partial charge in [0, 0.05) is 23.0 Å². The van der Waals surface area contributed by atoms with Crippen molar-refractivity contribution in [3.05, 3.63) is 0 Å². The van der Waals surface area contributed by atoms with Gasteiger partial charge < -0.3 is 9.84 Å². The summed E-state index contributed by atoms with van der Waals surface area (Å²) in [4.78, 5) is 0. The molecule has 1 heterocycles. The molecule has 1 aliphatic carbocycles. The van der Waals surface area contributed by atoms with E-state index < -0.39 is 9.05 Å². The van der Waals surface area contributed by atoms with Gasteiger partial charge in [-0.25, -0.2) is 8.42 Å². The number of aliphatic hydroxyl groups excluding tert-OH is 1. The Morgan fingerprint density at radius 3 is 1.80 bits per heavy atom. The Morgan fingerprint density at radius 1 is 1.00 bits per heavy atom. The number of ether oxygens (including phenoxy) is 1. The van der Waals surface area contributed by atoms with Crippen LogP contribution in [0.15, 0.2) is 0 Å². The van der Waals surface area contributed by atoms with Crippen molar-refractivity contribution in [2.24, 2.45) is 23.2 Å². The van der Waals surface area contributed by atoms with Crippen molar-refractivity contribution < 1.29 is 18.3 Å². The molecule has 0 unspecified atom stereocenters. The van der Waals surface area contributed by atoms with Gasteiger partial charge in [0.05, 0.1) is 24.6 Å². The van der Waals surface area contributed by atoms with Gasteiger partial charge in [-0.3, -0.25) is 0 Å². The molecule has 0 spiro atoms. The van der Waals surface area contributed by atoms with E-state index in [9.17, 15) is 13.5 Å². The first kappa shape index (κ1) is 25.2. The van der Waals surface area contributed by atoms with Gasteiger partial charge in [-0.05, 0) is 50.4 Å². The summed E-state index contributed by atoms with van der Waals surface area (Å²) < 4.78 is 24.3. The van der Waals surface area contributed by atoms with Crippen molar-refractivity contribution in [2.75, 3.05) is 12.9 Å². The Bertz CT molecular complexity index is 450. The summed E-state index contributed by atoms with van der Waals surface area (Å²) in [5, 5.41) is 9.43. The molecule has 0 amide bonds. The van der Waals surface area contributed by atoms with E-state index in [0.717, 1.165) is 24.5 Å². The zero-order valence-electron chi connectivity index (χ0n) is 17.3. The topological polar surface area (TPSA) is 63.6 Å². The molecule has 1 aliphatic heterocycles. The Balaban J connectivity index is 0.000000368. The molecule has 6 heteroatoms. The zero-order valence-corrected chi connectivity index (χ0v) is 18.9. The van der Waals surface area contributed by atoms with Gasteiger partial charge >= 0.3 is 0 Å². The summed E-state index contributed by atoms with van der Waals surface area (Å²) in [5.74, 6) is 2.21. The second-order valence-electron chi connectivity index (χ2n) is 9.36. The normalized spacial score (nSPS) is 34.0. The molecule has 0 aromatic carbocycles. The first-order valence-corrected chi connectivity index (χ1v) is 12.0. The monoisotopic (exact) mass is 398 g/mol. The van der Waals surface area contributed by atoms with E-state index in [2.05, 4.69) is 38.4 Å². The second-order valence-corrected chi connectivity index (χ2v) is 12.4. The van der Waals surface area contributed by atoms with Crippen LogP contribution in [0.3, 0.4) is 0 Å². The summed E-state index contributed by atoms with van der Waals surface area (Å²) in [6.07, 6.45) is 5.80. The number of rotatable bonds is 0. The van der Waals surface area contributed by atoms with E-state index in [1.54, 1.807) is 0 Å². The summed E-state index contributed by atoms with van der Waals surface area (Å²) in [5.41, 5.74) is 0.512. The van der Waals surface area contributed by atoms with Crippen LogP contribution in [0.25, 0.3) is 0 Å². The number of hydrogen-bond donors (Lipinski definition) is 1. The number of aliphatic hydroxyl groups is 1. The maximum atomic E-state index is 9.43. The largest absolute Gasteiger partial charge is 0.393 e. The third-order valence-corrected chi connectivity index (χ3v) is 5.22. The molecular weight excluding hydrogens is 360 g/mol. The zero-order chi connectivity index (χ0) is 20.1. The summed E-state index contributed by atoms with van der Waals surface area (Å²) in [6.45, 7) is 16.3. The van der Waals surface area contributed by atoms with Gasteiger partial charge in [0.1, 0.15) is 0 Å². The van der Waals surface area contributed by atoms with Crippen LogP contribution in [0.1, 0.15) is 74.1 Å². The lowest BCUT2D eigenvalue weighted by molar-refractivity contribution is -0.124. The molecule has 1 saturated heterocycles. The van der Waals surface area contributed by atoms with Crippen molar-refractivity contribution in [3.63, 3.8) is 0 Å². The predicted molar refractivity (Wildman–Crippen MR) is 106 cm³/mol. The van der Waals surface area contributed by atoms with E-state index >= 15 is 0 Å². The van der Waals surface area contributed by atoms with Crippen LogP contribution in [0, 0.1) is 23.2 Å². The molecule has 4 nitrogen and oxygen atoms in total. The van der Waals surface area contributed by atoms with E-state index in [1.807, 2.05) is 20.8 Å². The average Bonchev–Trinajstić information content (AvgIpc) is 2.37. The number of hydrogen-bond acceptors (Lipinski definition) is 4. The quantitative estimate of drug-likeness (QED) is 0.593. The molecule has 0 radical (unpaired) electrons. The smallest absolute Gasteiger partial charge is 0.229 e. The van der Waals surface area contributed by atoms with Crippen LogP contribution >= 0.6 is 10.7 Å². The van der Waals surface area contributed by atoms with E-state index in [1.165, 1.54) is 19.3 Å². The lowest BCUT2D eigenvalue weighted by atomic mass is 9.68. The lowest BCUT2D eigenvalue weighted by Crippen LogP contribution is -2.41. The third-order valence-electron chi connectivity index (χ3n) is 5.22. The molecule has 4 atom stereocenters. The van der Waals surface area contributed by atoms with E-state index in [0.29, 0.717) is 17.9 Å². The molecule has 1 saturated carbocycles. The van der Waals surface area contributed by atoms with Crippen LogP contribution < -0.4 is 0 Å².